The first kappa shape index (κ1) is 9.03. The number of nitrogens with one attached hydrogen (secondary N) is 1. The number of anilines is 1. The van der Waals surface area contributed by atoms with Gasteiger partial charge in [0.05, 0.1) is 5.69 Å². The molecule has 1 heterocycles. The molecule has 1 aliphatic carbocycles. The molecule has 1 aromatic heterocycles. The Hall–Kier alpha value is -0.540. The second kappa shape index (κ2) is 3.68. The summed E-state index contributed by atoms with van der Waals surface area (Å²) in [6, 6.07) is 1.84. The SMILES string of the molecule is O=C(Nc1ccsc1Cl)C1CCC1. The monoisotopic (exact) mass is 215 g/mol. The van der Waals surface area contributed by atoms with E-state index in [0.29, 0.717) is 4.34 Å². The summed E-state index contributed by atoms with van der Waals surface area (Å²) in [6.45, 7) is 0. The van der Waals surface area contributed by atoms with E-state index in [-0.39, 0.29) is 11.8 Å². The maximum absolute atomic E-state index is 11.5. The van der Waals surface area contributed by atoms with Gasteiger partial charge in [0.25, 0.3) is 0 Å². The Labute approximate surface area is 85.9 Å². The van der Waals surface area contributed by atoms with Crippen molar-refractivity contribution in [2.75, 3.05) is 5.32 Å². The number of hydrogen-bond acceptors (Lipinski definition) is 2. The number of carbonyl (C=O) groups is 1. The molecule has 0 bridgehead atoms. The lowest BCUT2D eigenvalue weighted by molar-refractivity contribution is -0.122. The van der Waals surface area contributed by atoms with E-state index in [4.69, 9.17) is 11.6 Å². The van der Waals surface area contributed by atoms with E-state index in [0.717, 1.165) is 18.5 Å². The molecular weight excluding hydrogens is 206 g/mol. The minimum absolute atomic E-state index is 0.117. The summed E-state index contributed by atoms with van der Waals surface area (Å²) in [5.41, 5.74) is 0.753. The predicted molar refractivity (Wildman–Crippen MR) is 55.3 cm³/mol. The molecule has 1 N–H and O–H groups in total. The van der Waals surface area contributed by atoms with Crippen molar-refractivity contribution in [1.29, 1.82) is 0 Å². The lowest BCUT2D eigenvalue weighted by Gasteiger charge is -2.23. The van der Waals surface area contributed by atoms with Gasteiger partial charge in [-0.3, -0.25) is 4.79 Å². The van der Waals surface area contributed by atoms with Crippen LogP contribution in [0.15, 0.2) is 11.4 Å². The zero-order valence-electron chi connectivity index (χ0n) is 7.05. The third-order valence-corrected chi connectivity index (χ3v) is 3.52. The summed E-state index contributed by atoms with van der Waals surface area (Å²) in [6.07, 6.45) is 3.22. The molecule has 1 fully saturated rings. The van der Waals surface area contributed by atoms with Gasteiger partial charge in [0.2, 0.25) is 5.91 Å². The zero-order chi connectivity index (χ0) is 9.26. The van der Waals surface area contributed by atoms with Crippen LogP contribution in [0.1, 0.15) is 19.3 Å². The highest BCUT2D eigenvalue weighted by Gasteiger charge is 2.25. The van der Waals surface area contributed by atoms with Gasteiger partial charge >= 0.3 is 0 Å². The van der Waals surface area contributed by atoms with Crippen LogP contribution >= 0.6 is 22.9 Å². The fourth-order valence-electron chi connectivity index (χ4n) is 1.29. The Morgan fingerprint density at radius 2 is 2.38 bits per heavy atom. The van der Waals surface area contributed by atoms with Gasteiger partial charge in [-0.25, -0.2) is 0 Å². The van der Waals surface area contributed by atoms with Crippen molar-refractivity contribution >= 4 is 34.5 Å². The third kappa shape index (κ3) is 1.86. The van der Waals surface area contributed by atoms with Crippen LogP contribution in [0.3, 0.4) is 0 Å². The minimum Gasteiger partial charge on any atom is -0.324 e. The first-order valence-electron chi connectivity index (χ1n) is 4.31. The number of halogens is 1. The summed E-state index contributed by atoms with van der Waals surface area (Å²) in [5.74, 6) is 0.336. The van der Waals surface area contributed by atoms with Gasteiger partial charge in [-0.15, -0.1) is 11.3 Å². The van der Waals surface area contributed by atoms with Crippen LogP contribution < -0.4 is 5.32 Å². The summed E-state index contributed by atoms with van der Waals surface area (Å²) in [4.78, 5) is 11.5. The highest BCUT2D eigenvalue weighted by Crippen LogP contribution is 2.31. The lowest BCUT2D eigenvalue weighted by atomic mass is 9.85. The maximum Gasteiger partial charge on any atom is 0.227 e. The van der Waals surface area contributed by atoms with Crippen molar-refractivity contribution in [2.45, 2.75) is 19.3 Å². The average molecular weight is 216 g/mol. The van der Waals surface area contributed by atoms with Crippen molar-refractivity contribution < 1.29 is 4.79 Å². The molecule has 1 aromatic rings. The van der Waals surface area contributed by atoms with Crippen molar-refractivity contribution in [2.24, 2.45) is 5.92 Å². The molecule has 1 aliphatic rings. The van der Waals surface area contributed by atoms with Crippen LogP contribution in [0.4, 0.5) is 5.69 Å². The highest BCUT2D eigenvalue weighted by atomic mass is 35.5. The Morgan fingerprint density at radius 1 is 1.62 bits per heavy atom. The van der Waals surface area contributed by atoms with Gasteiger partial charge in [-0.1, -0.05) is 18.0 Å². The van der Waals surface area contributed by atoms with Gasteiger partial charge in [0.15, 0.2) is 0 Å². The van der Waals surface area contributed by atoms with Crippen molar-refractivity contribution in [3.8, 4) is 0 Å². The Morgan fingerprint density at radius 3 is 2.85 bits per heavy atom. The van der Waals surface area contributed by atoms with Gasteiger partial charge < -0.3 is 5.32 Å². The molecule has 2 nitrogen and oxygen atoms in total. The highest BCUT2D eigenvalue weighted by molar-refractivity contribution is 7.15. The Balaban J connectivity index is 1.97. The second-order valence-electron chi connectivity index (χ2n) is 3.23. The van der Waals surface area contributed by atoms with Crippen molar-refractivity contribution in [1.82, 2.24) is 0 Å². The molecule has 1 saturated carbocycles. The van der Waals surface area contributed by atoms with Crippen LogP contribution in [0.25, 0.3) is 0 Å². The van der Waals surface area contributed by atoms with Gasteiger partial charge in [-0.05, 0) is 24.3 Å². The molecule has 0 atom stereocenters. The van der Waals surface area contributed by atoms with E-state index in [1.807, 2.05) is 11.4 Å². The molecule has 4 heteroatoms. The standard InChI is InChI=1S/C9H10ClNOS/c10-8-7(4-5-13-8)11-9(12)6-2-1-3-6/h4-6H,1-3H2,(H,11,12). The predicted octanol–water partition coefficient (Wildman–Crippen LogP) is 3.14. The zero-order valence-corrected chi connectivity index (χ0v) is 8.62. The quantitative estimate of drug-likeness (QED) is 0.807. The molecule has 0 aliphatic heterocycles. The molecule has 0 aromatic carbocycles. The fraction of sp³-hybridized carbons (Fsp3) is 0.444. The smallest absolute Gasteiger partial charge is 0.227 e. The normalized spacial score (nSPS) is 16.7. The van der Waals surface area contributed by atoms with Crippen LogP contribution in [-0.4, -0.2) is 5.91 Å². The van der Waals surface area contributed by atoms with E-state index in [1.54, 1.807) is 0 Å². The van der Waals surface area contributed by atoms with Crippen LogP contribution in [0, 0.1) is 5.92 Å². The minimum atomic E-state index is 0.117. The molecule has 70 valence electrons. The number of carbonyl (C=O) groups excluding carboxylic acids is 1. The van der Waals surface area contributed by atoms with Crippen LogP contribution in [-0.2, 0) is 4.79 Å². The molecule has 0 spiro atoms. The molecule has 0 unspecified atom stereocenters. The van der Waals surface area contributed by atoms with Crippen LogP contribution in [0.5, 0.6) is 0 Å². The van der Waals surface area contributed by atoms with E-state index in [9.17, 15) is 4.79 Å². The van der Waals surface area contributed by atoms with Crippen molar-refractivity contribution in [3.63, 3.8) is 0 Å². The van der Waals surface area contributed by atoms with E-state index < -0.39 is 0 Å². The lowest BCUT2D eigenvalue weighted by Crippen LogP contribution is -2.27. The number of hydrogen-bond donors (Lipinski definition) is 1. The van der Waals surface area contributed by atoms with Gasteiger partial charge in [0, 0.05) is 5.92 Å². The van der Waals surface area contributed by atoms with Crippen molar-refractivity contribution in [3.05, 3.63) is 15.8 Å². The van der Waals surface area contributed by atoms with E-state index in [1.165, 1.54) is 17.8 Å². The number of thiophene rings is 1. The maximum atomic E-state index is 11.5. The molecule has 0 radical (unpaired) electrons. The summed E-state index contributed by atoms with van der Waals surface area (Å²) >= 11 is 7.29. The topological polar surface area (TPSA) is 29.1 Å². The van der Waals surface area contributed by atoms with Crippen LogP contribution in [0.2, 0.25) is 4.34 Å². The molecule has 1 amide bonds. The first-order chi connectivity index (χ1) is 6.27. The average Bonchev–Trinajstić information content (AvgIpc) is 2.32. The number of rotatable bonds is 2. The van der Waals surface area contributed by atoms with E-state index >= 15 is 0 Å². The first-order valence-corrected chi connectivity index (χ1v) is 5.57. The molecule has 2 rings (SSSR count). The molecular formula is C9H10ClNOS. The Bertz CT molecular complexity index is 319. The third-order valence-electron chi connectivity index (χ3n) is 2.35. The van der Waals surface area contributed by atoms with E-state index in [2.05, 4.69) is 5.32 Å². The fourth-order valence-corrected chi connectivity index (χ4v) is 2.12. The Kier molecular flexibility index (Phi) is 2.56. The molecule has 0 saturated heterocycles. The van der Waals surface area contributed by atoms with Gasteiger partial charge in [0.1, 0.15) is 4.34 Å². The summed E-state index contributed by atoms with van der Waals surface area (Å²) in [7, 11) is 0. The summed E-state index contributed by atoms with van der Waals surface area (Å²) < 4.78 is 0.660. The molecule has 13 heavy (non-hydrogen) atoms. The number of amides is 1. The summed E-state index contributed by atoms with van der Waals surface area (Å²) in [5, 5.41) is 4.71. The second-order valence-corrected chi connectivity index (χ2v) is 4.74. The van der Waals surface area contributed by atoms with Gasteiger partial charge in [-0.2, -0.15) is 0 Å². The largest absolute Gasteiger partial charge is 0.324 e.